The molecule has 1 heteroatoms. The molecular weight excluding hydrogens is 295 g/mol. The number of unbranched alkanes of at least 4 members (excludes halogenated alkanes) is 19. The Morgan fingerprint density at radius 2 is 0.667 bits per heavy atom. The van der Waals surface area contributed by atoms with Gasteiger partial charge in [-0.15, -0.1) is 6.58 Å². The number of halogens is 1. The van der Waals surface area contributed by atoms with E-state index in [1.54, 1.807) is 0 Å². The molecule has 0 fully saturated rings. The van der Waals surface area contributed by atoms with Crippen LogP contribution >= 0.6 is 0 Å². The summed E-state index contributed by atoms with van der Waals surface area (Å²) in [5.74, 6) is 0. The van der Waals surface area contributed by atoms with Crippen LogP contribution in [0.3, 0.4) is 0 Å². The van der Waals surface area contributed by atoms with Gasteiger partial charge in [0.2, 0.25) is 0 Å². The summed E-state index contributed by atoms with van der Waals surface area (Å²) in [5.41, 5.74) is 0. The van der Waals surface area contributed by atoms with Crippen molar-refractivity contribution in [1.29, 1.82) is 0 Å². The van der Waals surface area contributed by atoms with Gasteiger partial charge in [0, 0.05) is 0 Å². The minimum absolute atomic E-state index is 0.129. The van der Waals surface area contributed by atoms with Crippen molar-refractivity contribution in [3.63, 3.8) is 0 Å². The van der Waals surface area contributed by atoms with Gasteiger partial charge >= 0.3 is 0 Å². The van der Waals surface area contributed by atoms with Crippen LogP contribution in [0.15, 0.2) is 12.7 Å². The van der Waals surface area contributed by atoms with E-state index in [4.69, 9.17) is 0 Å². The molecule has 0 N–H and O–H groups in total. The molecule has 0 bridgehead atoms. The van der Waals surface area contributed by atoms with Gasteiger partial charge in [-0.1, -0.05) is 115 Å². The first-order valence-electron chi connectivity index (χ1n) is 11.1. The molecule has 0 aromatic carbocycles. The molecule has 0 saturated carbocycles. The summed E-state index contributed by atoms with van der Waals surface area (Å²) in [6.07, 6.45) is 28.9. The molecule has 0 aromatic heterocycles. The summed E-state index contributed by atoms with van der Waals surface area (Å²) in [7, 11) is 0. The Bertz CT molecular complexity index is 224. The minimum atomic E-state index is -0.129. The van der Waals surface area contributed by atoms with Crippen molar-refractivity contribution < 1.29 is 4.39 Å². The van der Waals surface area contributed by atoms with Gasteiger partial charge in [-0.05, 0) is 19.3 Å². The van der Waals surface area contributed by atoms with E-state index in [1.807, 2.05) is 6.08 Å². The molecule has 0 radical (unpaired) electrons. The molecule has 0 spiro atoms. The molecule has 0 amide bonds. The van der Waals surface area contributed by atoms with E-state index >= 15 is 0 Å². The molecule has 0 unspecified atom stereocenters. The number of hydrogen-bond donors (Lipinski definition) is 0. The Hall–Kier alpha value is -0.330. The molecule has 0 saturated heterocycles. The zero-order valence-corrected chi connectivity index (χ0v) is 16.5. The predicted octanol–water partition coefficient (Wildman–Crippen LogP) is 8.94. The van der Waals surface area contributed by atoms with Crippen LogP contribution in [0.1, 0.15) is 128 Å². The molecule has 0 atom stereocenters. The fraction of sp³-hybridized carbons (Fsp3) is 0.913. The van der Waals surface area contributed by atoms with Gasteiger partial charge in [-0.25, -0.2) is 0 Å². The normalized spacial score (nSPS) is 11.0. The van der Waals surface area contributed by atoms with E-state index in [9.17, 15) is 4.39 Å². The number of rotatable bonds is 21. The fourth-order valence-electron chi connectivity index (χ4n) is 3.39. The highest BCUT2D eigenvalue weighted by Crippen LogP contribution is 2.14. The van der Waals surface area contributed by atoms with E-state index in [0.717, 1.165) is 12.8 Å². The van der Waals surface area contributed by atoms with Crippen LogP contribution in [0, 0.1) is 0 Å². The van der Waals surface area contributed by atoms with E-state index in [-0.39, 0.29) is 6.67 Å². The highest BCUT2D eigenvalue weighted by molar-refractivity contribution is 4.65. The molecule has 144 valence electrons. The van der Waals surface area contributed by atoms with Crippen LogP contribution in [-0.4, -0.2) is 6.67 Å². The van der Waals surface area contributed by atoms with Crippen molar-refractivity contribution in [3.8, 4) is 0 Å². The smallest absolute Gasteiger partial charge is 0.0894 e. The van der Waals surface area contributed by atoms with Crippen LogP contribution in [0.4, 0.5) is 4.39 Å². The lowest BCUT2D eigenvalue weighted by molar-refractivity contribution is 0.448. The van der Waals surface area contributed by atoms with Crippen molar-refractivity contribution in [2.24, 2.45) is 0 Å². The van der Waals surface area contributed by atoms with Crippen molar-refractivity contribution in [3.05, 3.63) is 12.7 Å². The summed E-state index contributed by atoms with van der Waals surface area (Å²) >= 11 is 0. The lowest BCUT2D eigenvalue weighted by atomic mass is 10.0. The largest absolute Gasteiger partial charge is 0.251 e. The minimum Gasteiger partial charge on any atom is -0.251 e. The van der Waals surface area contributed by atoms with Gasteiger partial charge in [0.25, 0.3) is 0 Å². The zero-order valence-electron chi connectivity index (χ0n) is 16.5. The molecule has 0 aromatic rings. The van der Waals surface area contributed by atoms with Crippen LogP contribution in [0.25, 0.3) is 0 Å². The van der Waals surface area contributed by atoms with Gasteiger partial charge < -0.3 is 0 Å². The monoisotopic (exact) mass is 340 g/mol. The average molecular weight is 341 g/mol. The average Bonchev–Trinajstić information content (AvgIpc) is 2.60. The third-order valence-electron chi connectivity index (χ3n) is 5.04. The molecule has 0 nitrogen and oxygen atoms in total. The second-order valence-electron chi connectivity index (χ2n) is 7.48. The Balaban J connectivity index is 2.94. The molecule has 0 aliphatic rings. The topological polar surface area (TPSA) is 0 Å². The first kappa shape index (κ1) is 23.7. The maximum atomic E-state index is 11.9. The van der Waals surface area contributed by atoms with E-state index in [1.165, 1.54) is 116 Å². The SMILES string of the molecule is C=CCCCCCCCCCCCCCCCCCCCCCF. The Labute approximate surface area is 152 Å². The predicted molar refractivity (Wildman–Crippen MR) is 109 cm³/mol. The molecule has 0 rings (SSSR count). The van der Waals surface area contributed by atoms with Crippen molar-refractivity contribution in [1.82, 2.24) is 0 Å². The third-order valence-corrected chi connectivity index (χ3v) is 5.04. The van der Waals surface area contributed by atoms with Gasteiger partial charge in [0.1, 0.15) is 0 Å². The summed E-state index contributed by atoms with van der Waals surface area (Å²) in [5, 5.41) is 0. The molecule has 0 aliphatic heterocycles. The second kappa shape index (κ2) is 22.7. The van der Waals surface area contributed by atoms with Crippen LogP contribution < -0.4 is 0 Å². The number of alkyl halides is 1. The molecular formula is C23H45F. The van der Waals surface area contributed by atoms with Crippen LogP contribution in [0.2, 0.25) is 0 Å². The van der Waals surface area contributed by atoms with E-state index in [0.29, 0.717) is 0 Å². The van der Waals surface area contributed by atoms with Gasteiger partial charge in [0.05, 0.1) is 6.67 Å². The second-order valence-corrected chi connectivity index (χ2v) is 7.48. The van der Waals surface area contributed by atoms with Crippen molar-refractivity contribution in [2.45, 2.75) is 128 Å². The maximum absolute atomic E-state index is 11.9. The highest BCUT2D eigenvalue weighted by atomic mass is 19.1. The number of allylic oxidation sites excluding steroid dienone is 1. The molecule has 24 heavy (non-hydrogen) atoms. The van der Waals surface area contributed by atoms with Crippen LogP contribution in [0.5, 0.6) is 0 Å². The van der Waals surface area contributed by atoms with E-state index in [2.05, 4.69) is 6.58 Å². The third kappa shape index (κ3) is 21.7. The highest BCUT2D eigenvalue weighted by Gasteiger charge is 1.95. The quantitative estimate of drug-likeness (QED) is 0.144. The molecule has 0 aliphatic carbocycles. The number of hydrogen-bond acceptors (Lipinski definition) is 0. The van der Waals surface area contributed by atoms with Crippen molar-refractivity contribution in [2.75, 3.05) is 6.67 Å². The first-order chi connectivity index (χ1) is 11.9. The lowest BCUT2D eigenvalue weighted by Crippen LogP contribution is -1.84. The fourth-order valence-corrected chi connectivity index (χ4v) is 3.39. The standard InChI is InChI=1S/C23H45F/c1-2-3-4-5-6-7-8-9-10-11-12-13-14-15-16-17-18-19-20-21-22-23-24/h2H,1,3-23H2. The Kier molecular flexibility index (Phi) is 22.4. The van der Waals surface area contributed by atoms with E-state index < -0.39 is 0 Å². The summed E-state index contributed by atoms with van der Waals surface area (Å²) < 4.78 is 11.9. The first-order valence-corrected chi connectivity index (χ1v) is 11.1. The summed E-state index contributed by atoms with van der Waals surface area (Å²) in [6.45, 7) is 3.64. The van der Waals surface area contributed by atoms with Gasteiger partial charge in [0.15, 0.2) is 0 Å². The zero-order chi connectivity index (χ0) is 17.6. The Morgan fingerprint density at radius 1 is 0.417 bits per heavy atom. The van der Waals surface area contributed by atoms with Crippen LogP contribution in [-0.2, 0) is 0 Å². The van der Waals surface area contributed by atoms with Gasteiger partial charge in [-0.2, -0.15) is 0 Å². The summed E-state index contributed by atoms with van der Waals surface area (Å²) in [6, 6.07) is 0. The van der Waals surface area contributed by atoms with Crippen molar-refractivity contribution >= 4 is 0 Å². The maximum Gasteiger partial charge on any atom is 0.0894 e. The van der Waals surface area contributed by atoms with Gasteiger partial charge in [-0.3, -0.25) is 4.39 Å². The Morgan fingerprint density at radius 3 is 0.917 bits per heavy atom. The summed E-state index contributed by atoms with van der Waals surface area (Å²) in [4.78, 5) is 0. The lowest BCUT2D eigenvalue weighted by Gasteiger charge is -2.03. The molecule has 0 heterocycles.